The molecule has 1 aliphatic heterocycles. The molecule has 0 unspecified atom stereocenters. The van der Waals surface area contributed by atoms with Crippen LogP contribution in [-0.4, -0.2) is 50.3 Å². The lowest BCUT2D eigenvalue weighted by Crippen LogP contribution is -2.42. The molecule has 0 saturated carbocycles. The number of aliphatic hydroxyl groups excluding tert-OH is 1. The molecule has 3 aromatic rings. The number of likely N-dealkylation sites (tertiary alicyclic amines) is 1. The fourth-order valence-electron chi connectivity index (χ4n) is 4.60. The van der Waals surface area contributed by atoms with E-state index in [1.54, 1.807) is 0 Å². The first kappa shape index (κ1) is 22.3. The Morgan fingerprint density at radius 2 is 1.81 bits per heavy atom. The van der Waals surface area contributed by atoms with Crippen molar-refractivity contribution in [2.24, 2.45) is 0 Å². The number of benzene rings is 2. The van der Waals surface area contributed by atoms with Gasteiger partial charge in [-0.2, -0.15) is 0 Å². The van der Waals surface area contributed by atoms with Gasteiger partial charge < -0.3 is 19.3 Å². The number of carbonyl (C=O) groups is 1. The van der Waals surface area contributed by atoms with Crippen LogP contribution in [0, 0.1) is 13.8 Å². The average molecular weight is 436 g/mol. The Morgan fingerprint density at radius 1 is 1.12 bits per heavy atom. The highest BCUT2D eigenvalue weighted by Gasteiger charge is 2.39. The Hall–Kier alpha value is -2.86. The van der Waals surface area contributed by atoms with Crippen molar-refractivity contribution in [3.05, 3.63) is 59.4 Å². The summed E-state index contributed by atoms with van der Waals surface area (Å²) in [6.07, 6.45) is -0.267. The summed E-state index contributed by atoms with van der Waals surface area (Å²) in [6.45, 7) is 11.4. The average Bonchev–Trinajstić information content (AvgIpc) is 3.28. The van der Waals surface area contributed by atoms with Crippen molar-refractivity contribution in [2.45, 2.75) is 65.1 Å². The number of rotatable bonds is 6. The van der Waals surface area contributed by atoms with Crippen molar-refractivity contribution >= 4 is 16.9 Å². The molecule has 6 heteroatoms. The third-order valence-corrected chi connectivity index (χ3v) is 6.21. The number of para-hydroxylation sites is 3. The van der Waals surface area contributed by atoms with E-state index in [-0.39, 0.29) is 24.0 Å². The number of hydrogen-bond donors (Lipinski definition) is 1. The molecule has 6 nitrogen and oxygen atoms in total. The van der Waals surface area contributed by atoms with Gasteiger partial charge in [0.15, 0.2) is 0 Å². The predicted octanol–water partition coefficient (Wildman–Crippen LogP) is 4.21. The molecule has 2 aromatic carbocycles. The molecule has 1 saturated heterocycles. The predicted molar refractivity (Wildman–Crippen MR) is 126 cm³/mol. The number of imidazole rings is 1. The molecule has 0 spiro atoms. The smallest absolute Gasteiger partial charge is 0.223 e. The van der Waals surface area contributed by atoms with E-state index in [1.807, 2.05) is 61.2 Å². The third-order valence-electron chi connectivity index (χ3n) is 6.21. The minimum atomic E-state index is -0.707. The Morgan fingerprint density at radius 3 is 2.47 bits per heavy atom. The summed E-state index contributed by atoms with van der Waals surface area (Å²) in [5.41, 5.74) is 3.74. The van der Waals surface area contributed by atoms with Crippen LogP contribution in [0.15, 0.2) is 42.5 Å². The number of ether oxygens (including phenoxy) is 1. The summed E-state index contributed by atoms with van der Waals surface area (Å²) in [6, 6.07) is 14.0. The molecule has 0 radical (unpaired) electrons. The van der Waals surface area contributed by atoms with Crippen LogP contribution >= 0.6 is 0 Å². The second-order valence-electron chi connectivity index (χ2n) is 9.83. The van der Waals surface area contributed by atoms with E-state index in [1.165, 1.54) is 0 Å². The Labute approximate surface area is 189 Å². The van der Waals surface area contributed by atoms with Crippen LogP contribution in [0.3, 0.4) is 0 Å². The second kappa shape index (κ2) is 8.58. The van der Waals surface area contributed by atoms with Gasteiger partial charge in [0.1, 0.15) is 24.3 Å². The molecule has 0 bridgehead atoms. The highest BCUT2D eigenvalue weighted by Crippen LogP contribution is 2.34. The van der Waals surface area contributed by atoms with E-state index < -0.39 is 6.10 Å². The van der Waals surface area contributed by atoms with Crippen LogP contribution < -0.4 is 4.74 Å². The summed E-state index contributed by atoms with van der Waals surface area (Å²) in [5, 5.41) is 10.9. The number of aryl methyl sites for hydroxylation is 2. The minimum Gasteiger partial charge on any atom is -0.490 e. The van der Waals surface area contributed by atoms with Crippen molar-refractivity contribution in [3.63, 3.8) is 0 Å². The van der Waals surface area contributed by atoms with Crippen LogP contribution in [0.25, 0.3) is 11.0 Å². The second-order valence-corrected chi connectivity index (χ2v) is 9.83. The lowest BCUT2D eigenvalue weighted by Gasteiger charge is -2.32. The molecule has 1 amide bonds. The zero-order valence-electron chi connectivity index (χ0n) is 19.6. The number of amides is 1. The molecule has 2 heterocycles. The van der Waals surface area contributed by atoms with Gasteiger partial charge in [0.05, 0.1) is 17.6 Å². The van der Waals surface area contributed by atoms with Gasteiger partial charge in [-0.25, -0.2) is 4.98 Å². The lowest BCUT2D eigenvalue weighted by molar-refractivity contribution is -0.131. The van der Waals surface area contributed by atoms with E-state index in [0.717, 1.165) is 33.7 Å². The summed E-state index contributed by atoms with van der Waals surface area (Å²) in [4.78, 5) is 19.5. The first-order chi connectivity index (χ1) is 15.1. The molecule has 1 aromatic heterocycles. The maximum atomic E-state index is 12.7. The molecule has 0 aliphatic carbocycles. The number of fused-ring (bicyclic) bond motifs is 1. The van der Waals surface area contributed by atoms with Gasteiger partial charge in [-0.1, -0.05) is 30.3 Å². The van der Waals surface area contributed by atoms with E-state index in [4.69, 9.17) is 9.72 Å². The lowest BCUT2D eigenvalue weighted by atomic mass is 10.1. The van der Waals surface area contributed by atoms with Gasteiger partial charge in [0, 0.05) is 24.4 Å². The van der Waals surface area contributed by atoms with Gasteiger partial charge in [-0.3, -0.25) is 4.79 Å². The highest BCUT2D eigenvalue weighted by atomic mass is 16.5. The standard InChI is InChI=1S/C26H33N3O3/c1-17-9-8-10-18(2)24(17)32-16-20(30)15-28-22-12-7-6-11-21(22)27-25(28)19-13-23(31)29(14-19)26(3,4)5/h6-12,19-20,30H,13-16H2,1-5H3/t19-,20-/m0/s1. The SMILES string of the molecule is Cc1cccc(C)c1OC[C@@H](O)Cn1c([C@H]2CC(=O)N(C(C)(C)C)C2)nc2ccccc21. The number of aromatic nitrogens is 2. The molecular weight excluding hydrogens is 402 g/mol. The van der Waals surface area contributed by atoms with Crippen molar-refractivity contribution in [1.29, 1.82) is 0 Å². The van der Waals surface area contributed by atoms with Crippen molar-refractivity contribution in [2.75, 3.05) is 13.2 Å². The quantitative estimate of drug-likeness (QED) is 0.630. The largest absolute Gasteiger partial charge is 0.490 e. The maximum Gasteiger partial charge on any atom is 0.223 e. The van der Waals surface area contributed by atoms with E-state index >= 15 is 0 Å². The van der Waals surface area contributed by atoms with Crippen LogP contribution in [0.2, 0.25) is 0 Å². The molecule has 1 aliphatic rings. The Kier molecular flexibility index (Phi) is 5.99. The van der Waals surface area contributed by atoms with Crippen molar-refractivity contribution < 1.29 is 14.6 Å². The molecular formula is C26H33N3O3. The maximum absolute atomic E-state index is 12.7. The van der Waals surface area contributed by atoms with Crippen LogP contribution in [-0.2, 0) is 11.3 Å². The van der Waals surface area contributed by atoms with Gasteiger partial charge in [0.2, 0.25) is 5.91 Å². The third kappa shape index (κ3) is 4.37. The molecule has 1 N–H and O–H groups in total. The summed E-state index contributed by atoms with van der Waals surface area (Å²) in [7, 11) is 0. The fraction of sp³-hybridized carbons (Fsp3) is 0.462. The zero-order chi connectivity index (χ0) is 23.0. The normalized spacial score (nSPS) is 17.9. The monoisotopic (exact) mass is 435 g/mol. The van der Waals surface area contributed by atoms with Crippen LogP contribution in [0.5, 0.6) is 5.75 Å². The molecule has 4 rings (SSSR count). The Bertz CT molecular complexity index is 1110. The number of aliphatic hydroxyl groups is 1. The van der Waals surface area contributed by atoms with E-state index in [0.29, 0.717) is 19.5 Å². The first-order valence-corrected chi connectivity index (χ1v) is 11.3. The van der Waals surface area contributed by atoms with Gasteiger partial charge in [-0.15, -0.1) is 0 Å². The summed E-state index contributed by atoms with van der Waals surface area (Å²) < 4.78 is 8.06. The van der Waals surface area contributed by atoms with Gasteiger partial charge in [-0.05, 0) is 57.9 Å². The molecule has 2 atom stereocenters. The first-order valence-electron chi connectivity index (χ1n) is 11.3. The molecule has 32 heavy (non-hydrogen) atoms. The summed E-state index contributed by atoms with van der Waals surface area (Å²) >= 11 is 0. The van der Waals surface area contributed by atoms with Crippen molar-refractivity contribution in [3.8, 4) is 5.75 Å². The topological polar surface area (TPSA) is 67.6 Å². The fourth-order valence-corrected chi connectivity index (χ4v) is 4.60. The number of nitrogens with zero attached hydrogens (tertiary/aromatic N) is 3. The molecule has 170 valence electrons. The van der Waals surface area contributed by atoms with Gasteiger partial charge in [0.25, 0.3) is 0 Å². The Balaban J connectivity index is 1.58. The van der Waals surface area contributed by atoms with Gasteiger partial charge >= 0.3 is 0 Å². The van der Waals surface area contributed by atoms with Crippen molar-refractivity contribution in [1.82, 2.24) is 14.5 Å². The van der Waals surface area contributed by atoms with E-state index in [2.05, 4.69) is 25.3 Å². The zero-order valence-corrected chi connectivity index (χ0v) is 19.6. The highest BCUT2D eigenvalue weighted by molar-refractivity contribution is 5.81. The number of hydrogen-bond acceptors (Lipinski definition) is 4. The van der Waals surface area contributed by atoms with E-state index in [9.17, 15) is 9.90 Å². The van der Waals surface area contributed by atoms with Crippen LogP contribution in [0.4, 0.5) is 0 Å². The summed E-state index contributed by atoms with van der Waals surface area (Å²) in [5.74, 6) is 1.84. The van der Waals surface area contributed by atoms with Crippen LogP contribution in [0.1, 0.15) is 50.1 Å². The minimum absolute atomic E-state index is 0.000792. The number of carbonyl (C=O) groups excluding carboxylic acids is 1. The molecule has 1 fully saturated rings.